The fourth-order valence-corrected chi connectivity index (χ4v) is 2.03. The summed E-state index contributed by atoms with van der Waals surface area (Å²) in [6, 6.07) is 7.79. The zero-order valence-electron chi connectivity index (χ0n) is 9.84. The molecule has 2 aromatic carbocycles. The maximum absolute atomic E-state index is 12.9. The molecule has 2 nitrogen and oxygen atoms in total. The van der Waals surface area contributed by atoms with Crippen LogP contribution in [0.5, 0.6) is 11.5 Å². The molecule has 0 unspecified atom stereocenters. The summed E-state index contributed by atoms with van der Waals surface area (Å²) in [6.07, 6.45) is -4.52. The van der Waals surface area contributed by atoms with Gasteiger partial charge in [0.2, 0.25) is 0 Å². The first kappa shape index (κ1) is 15.0. The third-order valence-electron chi connectivity index (χ3n) is 2.42. The van der Waals surface area contributed by atoms with Crippen LogP contribution in [0.25, 0.3) is 0 Å². The highest BCUT2D eigenvalue weighted by atomic mass is 79.9. The molecule has 0 radical (unpaired) electrons. The van der Waals surface area contributed by atoms with E-state index in [1.165, 1.54) is 30.3 Å². The van der Waals surface area contributed by atoms with E-state index in [2.05, 4.69) is 15.9 Å². The van der Waals surface area contributed by atoms with Crippen molar-refractivity contribution in [1.82, 2.24) is 0 Å². The lowest BCUT2D eigenvalue weighted by molar-refractivity contribution is -0.138. The number of rotatable bonds is 2. The minimum Gasteiger partial charge on any atom is -0.455 e. The van der Waals surface area contributed by atoms with E-state index in [1.54, 1.807) is 0 Å². The average Bonchev–Trinajstić information content (AvgIpc) is 2.32. The standard InChI is InChI=1S/C13H8BrClF3NO/c14-7-1-3-9(13(16,17)18)11(5-7)20-12-6-8(19)2-4-10(12)15/h1-6H,19H2. The van der Waals surface area contributed by atoms with Crippen LogP contribution in [0.3, 0.4) is 0 Å². The SMILES string of the molecule is Nc1ccc(Cl)c(Oc2cc(Br)ccc2C(F)(F)F)c1. The van der Waals surface area contributed by atoms with Crippen LogP contribution in [-0.4, -0.2) is 0 Å². The first-order valence-corrected chi connectivity index (χ1v) is 6.54. The van der Waals surface area contributed by atoms with Gasteiger partial charge in [-0.3, -0.25) is 0 Å². The average molecular weight is 367 g/mol. The highest BCUT2D eigenvalue weighted by molar-refractivity contribution is 9.10. The van der Waals surface area contributed by atoms with Gasteiger partial charge in [-0.15, -0.1) is 0 Å². The van der Waals surface area contributed by atoms with Crippen LogP contribution in [0, 0.1) is 0 Å². The molecule has 0 aliphatic carbocycles. The number of halogens is 5. The van der Waals surface area contributed by atoms with Gasteiger partial charge in [-0.1, -0.05) is 27.5 Å². The molecule has 0 amide bonds. The first-order chi connectivity index (χ1) is 9.27. The van der Waals surface area contributed by atoms with Gasteiger partial charge in [0, 0.05) is 16.2 Å². The van der Waals surface area contributed by atoms with Crippen LogP contribution >= 0.6 is 27.5 Å². The summed E-state index contributed by atoms with van der Waals surface area (Å²) in [7, 11) is 0. The van der Waals surface area contributed by atoms with E-state index in [0.29, 0.717) is 10.2 Å². The van der Waals surface area contributed by atoms with Crippen LogP contribution in [0.4, 0.5) is 18.9 Å². The van der Waals surface area contributed by atoms with E-state index in [-0.39, 0.29) is 16.5 Å². The summed E-state index contributed by atoms with van der Waals surface area (Å²) in [5.41, 5.74) is 5.02. The van der Waals surface area contributed by atoms with Gasteiger partial charge in [-0.2, -0.15) is 13.2 Å². The van der Waals surface area contributed by atoms with Crippen molar-refractivity contribution in [1.29, 1.82) is 0 Å². The number of ether oxygens (including phenoxy) is 1. The summed E-state index contributed by atoms with van der Waals surface area (Å²) in [4.78, 5) is 0. The maximum atomic E-state index is 12.9. The highest BCUT2D eigenvalue weighted by Crippen LogP contribution is 2.41. The molecule has 0 aliphatic heterocycles. The molecule has 20 heavy (non-hydrogen) atoms. The molecule has 106 valence electrons. The lowest BCUT2D eigenvalue weighted by Gasteiger charge is -2.15. The maximum Gasteiger partial charge on any atom is 0.419 e. The molecule has 7 heteroatoms. The lowest BCUT2D eigenvalue weighted by Crippen LogP contribution is -2.07. The van der Waals surface area contributed by atoms with Crippen molar-refractivity contribution in [2.24, 2.45) is 0 Å². The van der Waals surface area contributed by atoms with Crippen LogP contribution < -0.4 is 10.5 Å². The smallest absolute Gasteiger partial charge is 0.419 e. The summed E-state index contributed by atoms with van der Waals surface area (Å²) in [6.45, 7) is 0. The molecule has 0 aromatic heterocycles. The molecule has 0 saturated heterocycles. The van der Waals surface area contributed by atoms with Gasteiger partial charge in [0.25, 0.3) is 0 Å². The summed E-state index contributed by atoms with van der Waals surface area (Å²) in [5, 5.41) is 0.173. The predicted molar refractivity (Wildman–Crippen MR) is 75.1 cm³/mol. The van der Waals surface area contributed by atoms with E-state index in [9.17, 15) is 13.2 Å². The van der Waals surface area contributed by atoms with Crippen molar-refractivity contribution in [2.45, 2.75) is 6.18 Å². The molecule has 2 N–H and O–H groups in total. The number of hydrogen-bond donors (Lipinski definition) is 1. The Morgan fingerprint density at radius 1 is 1.05 bits per heavy atom. The second kappa shape index (κ2) is 5.54. The Hall–Kier alpha value is -1.40. The minimum absolute atomic E-state index is 0.0651. The fraction of sp³-hybridized carbons (Fsp3) is 0.0769. The molecule has 0 spiro atoms. The Balaban J connectivity index is 2.47. The topological polar surface area (TPSA) is 35.2 Å². The third kappa shape index (κ3) is 3.37. The largest absolute Gasteiger partial charge is 0.455 e. The third-order valence-corrected chi connectivity index (χ3v) is 3.23. The molecule has 0 fully saturated rings. The summed E-state index contributed by atoms with van der Waals surface area (Å²) < 4.78 is 44.5. The Morgan fingerprint density at radius 2 is 1.75 bits per heavy atom. The second-order valence-electron chi connectivity index (χ2n) is 3.93. The zero-order chi connectivity index (χ0) is 14.9. The van der Waals surface area contributed by atoms with Crippen molar-refractivity contribution >= 4 is 33.2 Å². The molecule has 0 saturated carbocycles. The van der Waals surface area contributed by atoms with Gasteiger partial charge < -0.3 is 10.5 Å². The van der Waals surface area contributed by atoms with Crippen LogP contribution in [0.15, 0.2) is 40.9 Å². The van der Waals surface area contributed by atoms with Gasteiger partial charge >= 0.3 is 6.18 Å². The highest BCUT2D eigenvalue weighted by Gasteiger charge is 2.34. The van der Waals surface area contributed by atoms with Crippen molar-refractivity contribution in [3.63, 3.8) is 0 Å². The van der Waals surface area contributed by atoms with E-state index < -0.39 is 11.7 Å². The van der Waals surface area contributed by atoms with Gasteiger partial charge in [-0.25, -0.2) is 0 Å². The summed E-state index contributed by atoms with van der Waals surface area (Å²) >= 11 is 8.98. The molecule has 0 bridgehead atoms. The number of benzene rings is 2. The number of nitrogens with two attached hydrogens (primary N) is 1. The Labute approximate surface area is 126 Å². The molecule has 0 atom stereocenters. The van der Waals surface area contributed by atoms with E-state index in [1.807, 2.05) is 0 Å². The van der Waals surface area contributed by atoms with Crippen molar-refractivity contribution in [3.8, 4) is 11.5 Å². The normalized spacial score (nSPS) is 11.4. The molecular formula is C13H8BrClF3NO. The second-order valence-corrected chi connectivity index (χ2v) is 5.25. The predicted octanol–water partition coefficient (Wildman–Crippen LogP) is 5.50. The number of hydrogen-bond acceptors (Lipinski definition) is 2. The number of anilines is 1. The number of nitrogen functional groups attached to an aromatic ring is 1. The zero-order valence-corrected chi connectivity index (χ0v) is 12.2. The molecular weight excluding hydrogens is 358 g/mol. The van der Waals surface area contributed by atoms with Gasteiger partial charge in [0.05, 0.1) is 10.6 Å². The van der Waals surface area contributed by atoms with Gasteiger partial charge in [0.15, 0.2) is 0 Å². The van der Waals surface area contributed by atoms with Crippen LogP contribution in [-0.2, 0) is 6.18 Å². The van der Waals surface area contributed by atoms with Crippen molar-refractivity contribution in [2.75, 3.05) is 5.73 Å². The molecule has 2 rings (SSSR count). The summed E-state index contributed by atoms with van der Waals surface area (Å²) in [5.74, 6) is -0.283. The molecule has 0 aliphatic rings. The first-order valence-electron chi connectivity index (χ1n) is 5.37. The minimum atomic E-state index is -4.52. The van der Waals surface area contributed by atoms with E-state index >= 15 is 0 Å². The van der Waals surface area contributed by atoms with Crippen LogP contribution in [0.2, 0.25) is 5.02 Å². The fourth-order valence-electron chi connectivity index (χ4n) is 1.53. The Bertz CT molecular complexity index is 646. The van der Waals surface area contributed by atoms with Gasteiger partial charge in [0.1, 0.15) is 11.5 Å². The van der Waals surface area contributed by atoms with Crippen molar-refractivity contribution in [3.05, 3.63) is 51.5 Å². The monoisotopic (exact) mass is 365 g/mol. The lowest BCUT2D eigenvalue weighted by atomic mass is 10.2. The Kier molecular flexibility index (Phi) is 4.15. The van der Waals surface area contributed by atoms with Crippen molar-refractivity contribution < 1.29 is 17.9 Å². The molecule has 0 heterocycles. The van der Waals surface area contributed by atoms with E-state index in [4.69, 9.17) is 22.1 Å². The number of alkyl halides is 3. The quantitative estimate of drug-likeness (QED) is 0.713. The van der Waals surface area contributed by atoms with E-state index in [0.717, 1.165) is 6.07 Å². The Morgan fingerprint density at radius 3 is 2.40 bits per heavy atom. The van der Waals surface area contributed by atoms with Crippen LogP contribution in [0.1, 0.15) is 5.56 Å². The van der Waals surface area contributed by atoms with Gasteiger partial charge in [-0.05, 0) is 30.3 Å². The molecule has 2 aromatic rings.